The molecule has 0 unspecified atom stereocenters. The molecule has 0 N–H and O–H groups in total. The number of hydrogen-bond donors (Lipinski definition) is 0. The Balaban J connectivity index is 1.36. The molecular weight excluding hydrogens is 494 g/mol. The average molecular weight is 537 g/mol. The first-order valence-electron chi connectivity index (χ1n) is 14.7. The second-order valence-electron chi connectivity index (χ2n) is 10.5. The van der Waals surface area contributed by atoms with Crippen molar-refractivity contribution in [2.24, 2.45) is 0 Å². The molecule has 0 aliphatic rings. The summed E-state index contributed by atoms with van der Waals surface area (Å²) in [5, 5.41) is 0. The number of nitrogens with zero attached hydrogens (tertiary/aromatic N) is 2. The van der Waals surface area contributed by atoms with Gasteiger partial charge in [-0.05, 0) is 36.8 Å². The van der Waals surface area contributed by atoms with Crippen LogP contribution in [0.1, 0.15) is 102 Å². The van der Waals surface area contributed by atoms with Crippen molar-refractivity contribution >= 4 is 16.3 Å². The predicted molar refractivity (Wildman–Crippen MR) is 158 cm³/mol. The number of halogens is 2. The molecule has 0 saturated carbocycles. The molecule has 2 aromatic carbocycles. The Morgan fingerprint density at radius 3 is 1.97 bits per heavy atom. The van der Waals surface area contributed by atoms with Gasteiger partial charge in [-0.1, -0.05) is 126 Å². The van der Waals surface area contributed by atoms with E-state index in [2.05, 4.69) is 38.1 Å². The highest BCUT2D eigenvalue weighted by molar-refractivity contribution is 7.20. The monoisotopic (exact) mass is 536 g/mol. The summed E-state index contributed by atoms with van der Waals surface area (Å²) >= 11 is 1.39. The van der Waals surface area contributed by atoms with Crippen molar-refractivity contribution in [3.8, 4) is 21.7 Å². The quantitative estimate of drug-likeness (QED) is 0.130. The van der Waals surface area contributed by atoms with E-state index in [4.69, 9.17) is 4.98 Å². The zero-order valence-electron chi connectivity index (χ0n) is 23.1. The number of benzene rings is 2. The number of hydrogen-bond acceptors (Lipinski definition) is 2. The summed E-state index contributed by atoms with van der Waals surface area (Å²) in [6, 6.07) is 12.1. The van der Waals surface area contributed by atoms with E-state index in [1.807, 2.05) is 16.8 Å². The lowest BCUT2D eigenvalue weighted by molar-refractivity contribution is 0.497. The minimum absolute atomic E-state index is 0.311. The molecule has 2 aromatic heterocycles. The maximum Gasteiger partial charge on any atom is 0.194 e. The number of thiazole rings is 1. The van der Waals surface area contributed by atoms with Gasteiger partial charge in [0.25, 0.3) is 0 Å². The third kappa shape index (κ3) is 7.53. The Morgan fingerprint density at radius 2 is 1.32 bits per heavy atom. The van der Waals surface area contributed by atoms with Gasteiger partial charge in [0.2, 0.25) is 0 Å². The topological polar surface area (TPSA) is 17.3 Å². The van der Waals surface area contributed by atoms with Crippen molar-refractivity contribution < 1.29 is 8.78 Å². The van der Waals surface area contributed by atoms with Gasteiger partial charge in [0.1, 0.15) is 0 Å². The summed E-state index contributed by atoms with van der Waals surface area (Å²) < 4.78 is 31.8. The Bertz CT molecular complexity index is 1240. The van der Waals surface area contributed by atoms with E-state index < -0.39 is 11.6 Å². The van der Waals surface area contributed by atoms with Gasteiger partial charge >= 0.3 is 0 Å². The molecule has 0 amide bonds. The lowest BCUT2D eigenvalue weighted by atomic mass is 10.0. The molecule has 0 fully saturated rings. The Morgan fingerprint density at radius 1 is 0.684 bits per heavy atom. The predicted octanol–water partition coefficient (Wildman–Crippen LogP) is 10.8. The number of aromatic nitrogens is 2. The molecule has 38 heavy (non-hydrogen) atoms. The fourth-order valence-corrected chi connectivity index (χ4v) is 6.06. The second kappa shape index (κ2) is 14.6. The first-order valence-corrected chi connectivity index (χ1v) is 15.5. The lowest BCUT2D eigenvalue weighted by Crippen LogP contribution is -1.97. The summed E-state index contributed by atoms with van der Waals surface area (Å²) in [4.78, 5) is 6.24. The standard InChI is InChI=1S/C33H42F2N2S/c1-3-5-7-9-10-12-14-16-27-21-22-28(32(35)31(27)34)30-24-37-23-29(36-33(37)38-30)26-19-17-25(18-20-26)15-13-11-8-6-4-2/h17-24H,3-16H2,1-2H3. The third-order valence-electron chi connectivity index (χ3n) is 7.45. The Kier molecular flexibility index (Phi) is 10.9. The van der Waals surface area contributed by atoms with Crippen molar-refractivity contribution in [2.75, 3.05) is 0 Å². The summed E-state index contributed by atoms with van der Waals surface area (Å²) in [7, 11) is 0. The van der Waals surface area contributed by atoms with Crippen LogP contribution in [0.25, 0.3) is 26.7 Å². The van der Waals surface area contributed by atoms with Crippen molar-refractivity contribution in [2.45, 2.75) is 104 Å². The van der Waals surface area contributed by atoms with Crippen LogP contribution in [0.15, 0.2) is 48.8 Å². The molecule has 0 saturated heterocycles. The largest absolute Gasteiger partial charge is 0.296 e. The first kappa shape index (κ1) is 28.5. The van der Waals surface area contributed by atoms with E-state index in [0.29, 0.717) is 22.4 Å². The zero-order chi connectivity index (χ0) is 26.7. The van der Waals surface area contributed by atoms with Crippen LogP contribution >= 0.6 is 11.3 Å². The van der Waals surface area contributed by atoms with Crippen LogP contribution in [0.3, 0.4) is 0 Å². The van der Waals surface area contributed by atoms with Crippen molar-refractivity contribution in [3.05, 3.63) is 71.6 Å². The van der Waals surface area contributed by atoms with Crippen LogP contribution in [0.5, 0.6) is 0 Å². The summed E-state index contributed by atoms with van der Waals surface area (Å²) in [5.41, 5.74) is 4.12. The number of aryl methyl sites for hydroxylation is 2. The van der Waals surface area contributed by atoms with Gasteiger partial charge in [-0.3, -0.25) is 4.40 Å². The van der Waals surface area contributed by atoms with E-state index in [0.717, 1.165) is 35.5 Å². The SMILES string of the molecule is CCCCCCCCCc1ccc(-c2cn3cc(-c4ccc(CCCCCCC)cc4)nc3s2)c(F)c1F. The number of imidazole rings is 1. The van der Waals surface area contributed by atoms with Crippen LogP contribution in [0.2, 0.25) is 0 Å². The normalized spacial score (nSPS) is 11.6. The molecule has 5 heteroatoms. The van der Waals surface area contributed by atoms with Gasteiger partial charge in [0.05, 0.1) is 10.6 Å². The minimum atomic E-state index is -0.750. The van der Waals surface area contributed by atoms with E-state index in [-0.39, 0.29) is 0 Å². The zero-order valence-corrected chi connectivity index (χ0v) is 23.9. The highest BCUT2D eigenvalue weighted by Crippen LogP contribution is 2.34. The van der Waals surface area contributed by atoms with Gasteiger partial charge in [-0.15, -0.1) is 0 Å². The van der Waals surface area contributed by atoms with Crippen molar-refractivity contribution in [1.82, 2.24) is 9.38 Å². The molecule has 2 heterocycles. The molecule has 0 radical (unpaired) electrons. The van der Waals surface area contributed by atoms with E-state index in [9.17, 15) is 4.39 Å². The molecule has 0 atom stereocenters. The smallest absolute Gasteiger partial charge is 0.194 e. The molecule has 4 aromatic rings. The fraction of sp³-hybridized carbons (Fsp3) is 0.485. The summed E-state index contributed by atoms with van der Waals surface area (Å²) in [5.74, 6) is -1.45. The first-order chi connectivity index (χ1) is 18.6. The van der Waals surface area contributed by atoms with E-state index in [1.165, 1.54) is 81.1 Å². The molecule has 4 rings (SSSR count). The molecule has 2 nitrogen and oxygen atoms in total. The maximum absolute atomic E-state index is 15.0. The molecular formula is C33H42F2N2S. The van der Waals surface area contributed by atoms with E-state index in [1.54, 1.807) is 12.1 Å². The Labute approximate surface area is 231 Å². The van der Waals surface area contributed by atoms with Gasteiger partial charge in [-0.2, -0.15) is 0 Å². The average Bonchev–Trinajstić information content (AvgIpc) is 3.50. The van der Waals surface area contributed by atoms with Gasteiger partial charge in [-0.25, -0.2) is 13.8 Å². The van der Waals surface area contributed by atoms with Crippen LogP contribution in [-0.4, -0.2) is 9.38 Å². The van der Waals surface area contributed by atoms with Crippen molar-refractivity contribution in [3.63, 3.8) is 0 Å². The second-order valence-corrected chi connectivity index (χ2v) is 11.6. The molecule has 0 spiro atoms. The highest BCUT2D eigenvalue weighted by Gasteiger charge is 2.17. The van der Waals surface area contributed by atoms with Gasteiger partial charge in [0, 0.05) is 23.5 Å². The van der Waals surface area contributed by atoms with Crippen LogP contribution < -0.4 is 0 Å². The highest BCUT2D eigenvalue weighted by atomic mass is 32.1. The third-order valence-corrected chi connectivity index (χ3v) is 8.48. The molecule has 0 aliphatic heterocycles. The number of rotatable bonds is 16. The van der Waals surface area contributed by atoms with Gasteiger partial charge < -0.3 is 0 Å². The van der Waals surface area contributed by atoms with E-state index >= 15 is 4.39 Å². The van der Waals surface area contributed by atoms with Crippen LogP contribution in [0, 0.1) is 11.6 Å². The van der Waals surface area contributed by atoms with Crippen molar-refractivity contribution in [1.29, 1.82) is 0 Å². The summed E-state index contributed by atoms with van der Waals surface area (Å²) in [6.07, 6.45) is 20.1. The fourth-order valence-electron chi connectivity index (χ4n) is 5.08. The number of unbranched alkanes of at least 4 members (excludes halogenated alkanes) is 10. The van der Waals surface area contributed by atoms with Crippen LogP contribution in [-0.2, 0) is 12.8 Å². The summed E-state index contributed by atoms with van der Waals surface area (Å²) in [6.45, 7) is 4.45. The minimum Gasteiger partial charge on any atom is -0.296 e. The molecule has 0 aliphatic carbocycles. The molecule has 204 valence electrons. The number of fused-ring (bicyclic) bond motifs is 1. The maximum atomic E-state index is 15.0. The Hall–Kier alpha value is -2.53. The lowest BCUT2D eigenvalue weighted by Gasteiger charge is -2.07. The molecule has 0 bridgehead atoms. The van der Waals surface area contributed by atoms with Crippen LogP contribution in [0.4, 0.5) is 8.78 Å². The van der Waals surface area contributed by atoms with Gasteiger partial charge in [0.15, 0.2) is 16.6 Å².